The molecule has 0 radical (unpaired) electrons. The zero-order valence-corrected chi connectivity index (χ0v) is 18.2. The standard InChI is InChI=1S/C24H37N3O2/c1-3-5-7-8-9-12-22-19-26-23(20-25-22)21-13-14-24(27-18-21)29-17-11-10-16-28-15-6-4-2/h13-14,18-20H,3-12,15-17H2,1-2H3. The second kappa shape index (κ2) is 14.9. The van der Waals surface area contributed by atoms with Crippen LogP contribution in [-0.2, 0) is 11.2 Å². The van der Waals surface area contributed by atoms with Gasteiger partial charge < -0.3 is 9.47 Å². The minimum atomic E-state index is 0.650. The molecule has 2 aromatic rings. The normalized spacial score (nSPS) is 11.0. The third-order valence-electron chi connectivity index (χ3n) is 4.85. The molecule has 0 N–H and O–H groups in total. The summed E-state index contributed by atoms with van der Waals surface area (Å²) < 4.78 is 11.3. The minimum absolute atomic E-state index is 0.650. The monoisotopic (exact) mass is 399 g/mol. The van der Waals surface area contributed by atoms with Crippen LogP contribution in [0.2, 0.25) is 0 Å². The third kappa shape index (κ3) is 9.84. The van der Waals surface area contributed by atoms with Crippen molar-refractivity contribution in [2.24, 2.45) is 0 Å². The zero-order valence-electron chi connectivity index (χ0n) is 18.2. The molecular weight excluding hydrogens is 362 g/mol. The number of pyridine rings is 1. The van der Waals surface area contributed by atoms with E-state index >= 15 is 0 Å². The van der Waals surface area contributed by atoms with E-state index in [1.165, 1.54) is 38.5 Å². The summed E-state index contributed by atoms with van der Waals surface area (Å²) in [5.41, 5.74) is 2.88. The van der Waals surface area contributed by atoms with Crippen molar-refractivity contribution < 1.29 is 9.47 Å². The number of aryl methyl sites for hydroxylation is 1. The molecule has 0 aromatic carbocycles. The molecule has 0 aliphatic carbocycles. The summed E-state index contributed by atoms with van der Waals surface area (Å²) in [6.07, 6.45) is 17.2. The Kier molecular flexibility index (Phi) is 12.0. The molecule has 2 aromatic heterocycles. The number of unbranched alkanes of at least 4 members (excludes halogenated alkanes) is 6. The van der Waals surface area contributed by atoms with E-state index in [-0.39, 0.29) is 0 Å². The number of ether oxygens (including phenoxy) is 2. The van der Waals surface area contributed by atoms with Gasteiger partial charge in [0, 0.05) is 37.2 Å². The third-order valence-corrected chi connectivity index (χ3v) is 4.85. The average molecular weight is 400 g/mol. The van der Waals surface area contributed by atoms with Gasteiger partial charge in [0.25, 0.3) is 0 Å². The molecule has 2 rings (SSSR count). The molecule has 0 saturated heterocycles. The van der Waals surface area contributed by atoms with Crippen LogP contribution in [0.4, 0.5) is 0 Å². The number of aromatic nitrogens is 3. The topological polar surface area (TPSA) is 57.1 Å². The molecule has 0 aliphatic rings. The molecule has 0 saturated carbocycles. The van der Waals surface area contributed by atoms with E-state index < -0.39 is 0 Å². The van der Waals surface area contributed by atoms with Gasteiger partial charge in [-0.25, -0.2) is 4.98 Å². The van der Waals surface area contributed by atoms with Crippen molar-refractivity contribution in [1.29, 1.82) is 0 Å². The van der Waals surface area contributed by atoms with Gasteiger partial charge in [-0.1, -0.05) is 46.0 Å². The fourth-order valence-corrected chi connectivity index (χ4v) is 2.99. The summed E-state index contributed by atoms with van der Waals surface area (Å²) in [5, 5.41) is 0. The summed E-state index contributed by atoms with van der Waals surface area (Å²) >= 11 is 0. The van der Waals surface area contributed by atoms with Crippen molar-refractivity contribution in [3.63, 3.8) is 0 Å². The van der Waals surface area contributed by atoms with Crippen molar-refractivity contribution in [2.75, 3.05) is 19.8 Å². The number of rotatable bonds is 16. The van der Waals surface area contributed by atoms with Crippen molar-refractivity contribution in [2.45, 2.75) is 78.1 Å². The van der Waals surface area contributed by atoms with Crippen LogP contribution >= 0.6 is 0 Å². The van der Waals surface area contributed by atoms with Gasteiger partial charge in [0.15, 0.2) is 0 Å². The molecule has 5 nitrogen and oxygen atoms in total. The summed E-state index contributed by atoms with van der Waals surface area (Å²) in [5.74, 6) is 0.650. The van der Waals surface area contributed by atoms with Crippen molar-refractivity contribution in [3.05, 3.63) is 36.4 Å². The maximum Gasteiger partial charge on any atom is 0.213 e. The van der Waals surface area contributed by atoms with E-state index in [1.54, 1.807) is 6.20 Å². The molecule has 0 spiro atoms. The molecule has 5 heteroatoms. The van der Waals surface area contributed by atoms with E-state index in [0.29, 0.717) is 12.5 Å². The Hall–Kier alpha value is -2.01. The fraction of sp³-hybridized carbons (Fsp3) is 0.625. The van der Waals surface area contributed by atoms with Gasteiger partial charge >= 0.3 is 0 Å². The van der Waals surface area contributed by atoms with E-state index in [4.69, 9.17) is 9.47 Å². The van der Waals surface area contributed by atoms with Crippen LogP contribution in [0.25, 0.3) is 11.3 Å². The predicted octanol–water partition coefficient (Wildman–Crippen LogP) is 6.03. The van der Waals surface area contributed by atoms with Crippen LogP contribution in [-0.4, -0.2) is 34.8 Å². The molecule has 0 aliphatic heterocycles. The molecule has 160 valence electrons. The molecule has 0 atom stereocenters. The minimum Gasteiger partial charge on any atom is -0.478 e. The molecule has 0 bridgehead atoms. The highest BCUT2D eigenvalue weighted by Gasteiger charge is 2.03. The lowest BCUT2D eigenvalue weighted by atomic mass is 10.1. The highest BCUT2D eigenvalue weighted by Crippen LogP contribution is 2.18. The Morgan fingerprint density at radius 1 is 0.690 bits per heavy atom. The van der Waals surface area contributed by atoms with E-state index in [1.807, 2.05) is 24.5 Å². The van der Waals surface area contributed by atoms with Crippen LogP contribution in [0.15, 0.2) is 30.7 Å². The van der Waals surface area contributed by atoms with Gasteiger partial charge in [0.05, 0.1) is 24.2 Å². The number of nitrogens with zero attached hydrogens (tertiary/aromatic N) is 3. The highest BCUT2D eigenvalue weighted by molar-refractivity contribution is 5.56. The van der Waals surface area contributed by atoms with Gasteiger partial charge in [-0.2, -0.15) is 0 Å². The van der Waals surface area contributed by atoms with E-state index in [9.17, 15) is 0 Å². The van der Waals surface area contributed by atoms with Crippen LogP contribution in [0.5, 0.6) is 5.88 Å². The molecule has 0 unspecified atom stereocenters. The lowest BCUT2D eigenvalue weighted by molar-refractivity contribution is 0.123. The molecule has 2 heterocycles. The van der Waals surface area contributed by atoms with E-state index in [2.05, 4.69) is 28.8 Å². The summed E-state index contributed by atoms with van der Waals surface area (Å²) in [7, 11) is 0. The molecule has 0 amide bonds. The lowest BCUT2D eigenvalue weighted by Gasteiger charge is -2.07. The SMILES string of the molecule is CCCCCCCc1cnc(-c2ccc(OCCCCOCCCC)nc2)cn1. The van der Waals surface area contributed by atoms with Crippen molar-refractivity contribution in [1.82, 2.24) is 15.0 Å². The highest BCUT2D eigenvalue weighted by atomic mass is 16.5. The first kappa shape index (κ1) is 23.3. The van der Waals surface area contributed by atoms with Gasteiger partial charge in [0.2, 0.25) is 5.88 Å². The maximum absolute atomic E-state index is 5.71. The van der Waals surface area contributed by atoms with Crippen molar-refractivity contribution >= 4 is 0 Å². The Morgan fingerprint density at radius 3 is 2.21 bits per heavy atom. The summed E-state index contributed by atoms with van der Waals surface area (Å²) in [4.78, 5) is 13.5. The van der Waals surface area contributed by atoms with Crippen LogP contribution in [0, 0.1) is 0 Å². The van der Waals surface area contributed by atoms with Gasteiger partial charge in [-0.3, -0.25) is 9.97 Å². The molecular formula is C24H37N3O2. The summed E-state index contributed by atoms with van der Waals surface area (Å²) in [6.45, 7) is 6.75. The molecule has 29 heavy (non-hydrogen) atoms. The second-order valence-corrected chi connectivity index (χ2v) is 7.46. The second-order valence-electron chi connectivity index (χ2n) is 7.46. The van der Waals surface area contributed by atoms with Gasteiger partial charge in [-0.05, 0) is 38.2 Å². The predicted molar refractivity (Wildman–Crippen MR) is 118 cm³/mol. The first-order valence-electron chi connectivity index (χ1n) is 11.3. The average Bonchev–Trinajstić information content (AvgIpc) is 2.76. The quantitative estimate of drug-likeness (QED) is 0.323. The van der Waals surface area contributed by atoms with Crippen LogP contribution in [0.3, 0.4) is 0 Å². The maximum atomic E-state index is 5.71. The largest absolute Gasteiger partial charge is 0.478 e. The first-order valence-corrected chi connectivity index (χ1v) is 11.3. The zero-order chi connectivity index (χ0) is 20.6. The van der Waals surface area contributed by atoms with Crippen molar-refractivity contribution in [3.8, 4) is 17.1 Å². The molecule has 0 fully saturated rings. The van der Waals surface area contributed by atoms with Gasteiger partial charge in [-0.15, -0.1) is 0 Å². The Balaban J connectivity index is 1.67. The van der Waals surface area contributed by atoms with Crippen LogP contribution < -0.4 is 4.74 Å². The lowest BCUT2D eigenvalue weighted by Crippen LogP contribution is -2.02. The smallest absolute Gasteiger partial charge is 0.213 e. The van der Waals surface area contributed by atoms with E-state index in [0.717, 1.165) is 55.8 Å². The Bertz CT molecular complexity index is 644. The summed E-state index contributed by atoms with van der Waals surface area (Å²) in [6, 6.07) is 3.89. The Morgan fingerprint density at radius 2 is 1.48 bits per heavy atom. The first-order chi connectivity index (χ1) is 14.3. The van der Waals surface area contributed by atoms with Gasteiger partial charge in [0.1, 0.15) is 0 Å². The number of hydrogen-bond donors (Lipinski definition) is 0. The van der Waals surface area contributed by atoms with Crippen LogP contribution in [0.1, 0.15) is 77.3 Å². The number of hydrogen-bond acceptors (Lipinski definition) is 5. The Labute approximate surface area is 176 Å². The fourth-order valence-electron chi connectivity index (χ4n) is 2.99.